The highest BCUT2D eigenvalue weighted by Gasteiger charge is 2.28. The van der Waals surface area contributed by atoms with Crippen LogP contribution in [0.25, 0.3) is 0 Å². The molecule has 0 aliphatic carbocycles. The Bertz CT molecular complexity index is 491. The Morgan fingerprint density at radius 1 is 1.27 bits per heavy atom. The third-order valence-electron chi connectivity index (χ3n) is 4.76. The van der Waals surface area contributed by atoms with E-state index in [1.807, 2.05) is 9.58 Å². The van der Waals surface area contributed by atoms with Gasteiger partial charge in [0.1, 0.15) is 0 Å². The van der Waals surface area contributed by atoms with Gasteiger partial charge in [0.15, 0.2) is 0 Å². The Labute approximate surface area is 134 Å². The predicted octanol–water partition coefficient (Wildman–Crippen LogP) is 3.18. The summed E-state index contributed by atoms with van der Waals surface area (Å²) in [6.45, 7) is 12.3. The van der Waals surface area contributed by atoms with Gasteiger partial charge in [-0.25, -0.2) is 4.68 Å². The van der Waals surface area contributed by atoms with Crippen LogP contribution in [0.4, 0.5) is 0 Å². The molecule has 0 spiro atoms. The molecule has 1 aliphatic rings. The first-order valence-electron chi connectivity index (χ1n) is 8.57. The molecule has 0 unspecified atom stereocenters. The molecular weight excluding hydrogens is 276 g/mol. The van der Waals surface area contributed by atoms with E-state index in [1.165, 1.54) is 0 Å². The van der Waals surface area contributed by atoms with Gasteiger partial charge in [-0.15, -0.1) is 5.10 Å². The van der Waals surface area contributed by atoms with Crippen LogP contribution in [0.3, 0.4) is 0 Å². The quantitative estimate of drug-likeness (QED) is 0.858. The molecule has 5 nitrogen and oxygen atoms in total. The number of aromatic nitrogens is 3. The molecule has 22 heavy (non-hydrogen) atoms. The van der Waals surface area contributed by atoms with E-state index in [4.69, 9.17) is 0 Å². The van der Waals surface area contributed by atoms with Crippen LogP contribution in [0.15, 0.2) is 6.20 Å². The maximum absolute atomic E-state index is 12.4. The van der Waals surface area contributed by atoms with Crippen molar-refractivity contribution in [3.05, 3.63) is 11.9 Å². The van der Waals surface area contributed by atoms with Gasteiger partial charge in [0.05, 0.1) is 11.7 Å². The normalized spacial score (nSPS) is 17.3. The van der Waals surface area contributed by atoms with Crippen LogP contribution in [0.1, 0.15) is 72.0 Å². The van der Waals surface area contributed by atoms with Crippen LogP contribution in [-0.4, -0.2) is 38.9 Å². The van der Waals surface area contributed by atoms with Gasteiger partial charge in [-0.05, 0) is 25.7 Å². The van der Waals surface area contributed by atoms with Crippen LogP contribution >= 0.6 is 0 Å². The second kappa shape index (κ2) is 6.80. The molecule has 1 aliphatic heterocycles. The zero-order valence-electron chi connectivity index (χ0n) is 14.7. The molecule has 2 rings (SSSR count). The second-order valence-corrected chi connectivity index (χ2v) is 7.40. The summed E-state index contributed by atoms with van der Waals surface area (Å²) < 4.78 is 2.00. The summed E-state index contributed by atoms with van der Waals surface area (Å²) in [6.07, 6.45) is 5.89. The summed E-state index contributed by atoms with van der Waals surface area (Å²) in [6, 6.07) is 0.370. The van der Waals surface area contributed by atoms with E-state index in [0.717, 1.165) is 44.5 Å². The second-order valence-electron chi connectivity index (χ2n) is 7.40. The van der Waals surface area contributed by atoms with Crippen molar-refractivity contribution in [2.24, 2.45) is 5.92 Å². The minimum Gasteiger partial charge on any atom is -0.342 e. The number of rotatable bonds is 4. The molecule has 0 saturated carbocycles. The third-order valence-corrected chi connectivity index (χ3v) is 4.76. The number of amides is 1. The lowest BCUT2D eigenvalue weighted by molar-refractivity contribution is -0.137. The topological polar surface area (TPSA) is 51.0 Å². The van der Waals surface area contributed by atoms with Gasteiger partial charge in [-0.3, -0.25) is 4.79 Å². The summed E-state index contributed by atoms with van der Waals surface area (Å²) in [4.78, 5) is 14.5. The van der Waals surface area contributed by atoms with E-state index < -0.39 is 0 Å². The fraction of sp³-hybridized carbons (Fsp3) is 0.824. The Morgan fingerprint density at radius 2 is 1.86 bits per heavy atom. The predicted molar refractivity (Wildman–Crippen MR) is 87.6 cm³/mol. The largest absolute Gasteiger partial charge is 0.342 e. The molecule has 1 saturated heterocycles. The monoisotopic (exact) mass is 306 g/mol. The molecular formula is C17H30N4O. The highest BCUT2D eigenvalue weighted by atomic mass is 16.2. The average molecular weight is 306 g/mol. The zero-order valence-corrected chi connectivity index (χ0v) is 14.7. The summed E-state index contributed by atoms with van der Waals surface area (Å²) in [7, 11) is 0. The lowest BCUT2D eigenvalue weighted by atomic mass is 9.93. The lowest BCUT2D eigenvalue weighted by Crippen LogP contribution is -2.42. The van der Waals surface area contributed by atoms with E-state index >= 15 is 0 Å². The first kappa shape index (κ1) is 17.0. The summed E-state index contributed by atoms with van der Waals surface area (Å²) >= 11 is 0. The molecule has 1 aromatic rings. The van der Waals surface area contributed by atoms with E-state index in [1.54, 1.807) is 0 Å². The van der Waals surface area contributed by atoms with Crippen molar-refractivity contribution in [1.82, 2.24) is 19.9 Å². The smallest absolute Gasteiger partial charge is 0.225 e. The molecule has 0 aromatic carbocycles. The van der Waals surface area contributed by atoms with Gasteiger partial charge < -0.3 is 4.90 Å². The molecule has 0 bridgehead atoms. The molecule has 0 N–H and O–H groups in total. The summed E-state index contributed by atoms with van der Waals surface area (Å²) in [5.74, 6) is 0.521. The number of piperidine rings is 1. The van der Waals surface area contributed by atoms with Crippen molar-refractivity contribution >= 4 is 5.91 Å². The van der Waals surface area contributed by atoms with Gasteiger partial charge in [0, 0.05) is 30.6 Å². The maximum atomic E-state index is 12.4. The highest BCUT2D eigenvalue weighted by Crippen LogP contribution is 2.26. The number of carbonyl (C=O) groups excluding carboxylic acids is 1. The molecule has 1 fully saturated rings. The maximum Gasteiger partial charge on any atom is 0.225 e. The number of nitrogens with zero attached hydrogens (tertiary/aromatic N) is 4. The molecule has 0 radical (unpaired) electrons. The van der Waals surface area contributed by atoms with Crippen LogP contribution in [-0.2, 0) is 10.2 Å². The standard InChI is InChI=1S/C17H30N4O/c1-6-13(7-2)16(22)20-10-8-14(9-11-20)21-12-15(18-19-21)17(3,4)5/h12-14H,6-11H2,1-5H3. The van der Waals surface area contributed by atoms with Gasteiger partial charge in [0.2, 0.25) is 5.91 Å². The molecule has 124 valence electrons. The number of hydrogen-bond donors (Lipinski definition) is 0. The molecule has 0 atom stereocenters. The highest BCUT2D eigenvalue weighted by molar-refractivity contribution is 5.78. The van der Waals surface area contributed by atoms with Gasteiger partial charge in [-0.2, -0.15) is 0 Å². The Hall–Kier alpha value is -1.39. The molecule has 2 heterocycles. The Morgan fingerprint density at radius 3 is 2.32 bits per heavy atom. The van der Waals surface area contributed by atoms with Gasteiger partial charge in [-0.1, -0.05) is 39.8 Å². The van der Waals surface area contributed by atoms with E-state index in [2.05, 4.69) is 51.1 Å². The lowest BCUT2D eigenvalue weighted by Gasteiger charge is -2.33. The van der Waals surface area contributed by atoms with E-state index in [0.29, 0.717) is 11.9 Å². The van der Waals surface area contributed by atoms with E-state index in [9.17, 15) is 4.79 Å². The van der Waals surface area contributed by atoms with Crippen molar-refractivity contribution in [2.45, 2.75) is 71.8 Å². The average Bonchev–Trinajstić information content (AvgIpc) is 2.98. The van der Waals surface area contributed by atoms with Crippen molar-refractivity contribution in [1.29, 1.82) is 0 Å². The van der Waals surface area contributed by atoms with Crippen LogP contribution < -0.4 is 0 Å². The minimum absolute atomic E-state index is 0.0321. The number of likely N-dealkylation sites (tertiary alicyclic amines) is 1. The van der Waals surface area contributed by atoms with Crippen LogP contribution in [0.2, 0.25) is 0 Å². The Kier molecular flexibility index (Phi) is 5.24. The molecule has 5 heteroatoms. The van der Waals surface area contributed by atoms with Crippen molar-refractivity contribution in [3.63, 3.8) is 0 Å². The first-order valence-corrected chi connectivity index (χ1v) is 8.57. The fourth-order valence-electron chi connectivity index (χ4n) is 3.05. The Balaban J connectivity index is 1.95. The first-order chi connectivity index (χ1) is 10.4. The zero-order chi connectivity index (χ0) is 16.3. The van der Waals surface area contributed by atoms with Crippen molar-refractivity contribution in [3.8, 4) is 0 Å². The molecule has 1 aromatic heterocycles. The van der Waals surface area contributed by atoms with Crippen molar-refractivity contribution in [2.75, 3.05) is 13.1 Å². The fourth-order valence-corrected chi connectivity index (χ4v) is 3.05. The third kappa shape index (κ3) is 3.68. The summed E-state index contributed by atoms with van der Waals surface area (Å²) in [5, 5.41) is 8.61. The number of hydrogen-bond acceptors (Lipinski definition) is 3. The van der Waals surface area contributed by atoms with Crippen LogP contribution in [0, 0.1) is 5.92 Å². The minimum atomic E-state index is 0.0321. The SMILES string of the molecule is CCC(CC)C(=O)N1CCC(n2cc(C(C)(C)C)nn2)CC1. The van der Waals surface area contributed by atoms with Crippen molar-refractivity contribution < 1.29 is 4.79 Å². The van der Waals surface area contributed by atoms with Gasteiger partial charge >= 0.3 is 0 Å². The molecule has 1 amide bonds. The van der Waals surface area contributed by atoms with Crippen LogP contribution in [0.5, 0.6) is 0 Å². The number of carbonyl (C=O) groups is 1. The van der Waals surface area contributed by atoms with E-state index in [-0.39, 0.29) is 11.3 Å². The van der Waals surface area contributed by atoms with Gasteiger partial charge in [0.25, 0.3) is 0 Å². The summed E-state index contributed by atoms with van der Waals surface area (Å²) in [5.41, 5.74) is 1.06.